The molecule has 2 aliphatic heterocycles. The number of carbonyl (C=O) groups is 1. The molecular formula is C22H20BN2O2. The second kappa shape index (κ2) is 7.58. The van der Waals surface area contributed by atoms with Gasteiger partial charge in [0.1, 0.15) is 0 Å². The van der Waals surface area contributed by atoms with Gasteiger partial charge in [0.2, 0.25) is 0 Å². The van der Waals surface area contributed by atoms with Gasteiger partial charge >= 0.3 is 13.5 Å². The lowest BCUT2D eigenvalue weighted by Gasteiger charge is -2.31. The van der Waals surface area contributed by atoms with Crippen molar-refractivity contribution in [3.05, 3.63) is 95.5 Å². The molecular weight excluding hydrogens is 335 g/mol. The first-order valence-corrected chi connectivity index (χ1v) is 9.06. The number of allylic oxidation sites excluding steroid dienone is 3. The Morgan fingerprint density at radius 1 is 1.11 bits per heavy atom. The first-order chi connectivity index (χ1) is 13.2. The van der Waals surface area contributed by atoms with E-state index in [1.165, 1.54) is 0 Å². The Morgan fingerprint density at radius 2 is 1.93 bits per heavy atom. The van der Waals surface area contributed by atoms with Crippen LogP contribution < -0.4 is 0 Å². The van der Waals surface area contributed by atoms with Crippen LogP contribution in [-0.4, -0.2) is 34.0 Å². The maximum absolute atomic E-state index is 11.0. The number of benzene rings is 1. The highest BCUT2D eigenvalue weighted by Gasteiger charge is 2.32. The van der Waals surface area contributed by atoms with Crippen LogP contribution in [0.1, 0.15) is 24.1 Å². The highest BCUT2D eigenvalue weighted by molar-refractivity contribution is 6.33. The standard InChI is InChI=1S/C22H20BN2O2/c26-22(27)13-12-20-15-18(10-5-4-9-17-7-2-1-3-8-17)21-16-19-11-6-14-24(19)23-25(20)21/h1-11,14-16,20H,12-13H2,(H,26,27). The van der Waals surface area contributed by atoms with E-state index in [0.717, 1.165) is 22.5 Å². The van der Waals surface area contributed by atoms with Gasteiger partial charge in [-0.2, -0.15) is 0 Å². The summed E-state index contributed by atoms with van der Waals surface area (Å²) in [6.07, 6.45) is 15.3. The number of rotatable bonds is 6. The second-order valence-electron chi connectivity index (χ2n) is 6.64. The van der Waals surface area contributed by atoms with Crippen LogP contribution in [0.4, 0.5) is 0 Å². The molecule has 0 saturated carbocycles. The van der Waals surface area contributed by atoms with Crippen LogP contribution in [0.15, 0.2) is 84.2 Å². The third-order valence-electron chi connectivity index (χ3n) is 4.78. The van der Waals surface area contributed by atoms with E-state index in [2.05, 4.69) is 51.8 Å². The molecule has 0 amide bonds. The van der Waals surface area contributed by atoms with Crippen molar-refractivity contribution in [2.45, 2.75) is 18.9 Å². The highest BCUT2D eigenvalue weighted by Crippen LogP contribution is 2.34. The third kappa shape index (κ3) is 3.82. The molecule has 5 heteroatoms. The zero-order chi connectivity index (χ0) is 18.6. The Kier molecular flexibility index (Phi) is 4.83. The molecule has 0 saturated heterocycles. The SMILES string of the molecule is O=C(O)CCC1C=C(C=CC=Cc2ccccc2)C2=Cc3cccn3[B]N21. The molecule has 1 atom stereocenters. The molecule has 0 bridgehead atoms. The monoisotopic (exact) mass is 355 g/mol. The Bertz CT molecular complexity index is 954. The van der Waals surface area contributed by atoms with Gasteiger partial charge in [0.15, 0.2) is 0 Å². The smallest absolute Gasteiger partial charge is 0.396 e. The van der Waals surface area contributed by atoms with Crippen molar-refractivity contribution in [1.82, 2.24) is 9.29 Å². The molecule has 27 heavy (non-hydrogen) atoms. The summed E-state index contributed by atoms with van der Waals surface area (Å²) < 4.78 is 2.06. The van der Waals surface area contributed by atoms with Crippen molar-refractivity contribution in [2.24, 2.45) is 0 Å². The van der Waals surface area contributed by atoms with Crippen LogP contribution in [-0.2, 0) is 4.79 Å². The topological polar surface area (TPSA) is 45.5 Å². The van der Waals surface area contributed by atoms with E-state index in [1.54, 1.807) is 0 Å². The van der Waals surface area contributed by atoms with Crippen molar-refractivity contribution in [1.29, 1.82) is 0 Å². The van der Waals surface area contributed by atoms with E-state index < -0.39 is 5.97 Å². The fourth-order valence-corrected chi connectivity index (χ4v) is 3.44. The molecule has 4 rings (SSSR count). The molecule has 0 spiro atoms. The Labute approximate surface area is 159 Å². The minimum Gasteiger partial charge on any atom is -0.481 e. The molecule has 133 valence electrons. The minimum absolute atomic E-state index is 0.0562. The van der Waals surface area contributed by atoms with E-state index in [9.17, 15) is 4.79 Å². The van der Waals surface area contributed by atoms with Crippen molar-refractivity contribution in [3.63, 3.8) is 0 Å². The van der Waals surface area contributed by atoms with Crippen molar-refractivity contribution >= 4 is 25.7 Å². The molecule has 0 aliphatic carbocycles. The molecule has 2 aliphatic rings. The van der Waals surface area contributed by atoms with Gasteiger partial charge in [0.05, 0.1) is 0 Å². The summed E-state index contributed by atoms with van der Waals surface area (Å²) >= 11 is 0. The quantitative estimate of drug-likeness (QED) is 0.630. The van der Waals surface area contributed by atoms with Gasteiger partial charge in [-0.1, -0.05) is 60.7 Å². The van der Waals surface area contributed by atoms with Crippen molar-refractivity contribution in [3.8, 4) is 0 Å². The van der Waals surface area contributed by atoms with E-state index in [0.29, 0.717) is 6.42 Å². The van der Waals surface area contributed by atoms with Gasteiger partial charge in [-0.3, -0.25) is 4.79 Å². The van der Waals surface area contributed by atoms with Gasteiger partial charge in [-0.05, 0) is 42.0 Å². The Hall–Kier alpha value is -3.21. The Balaban J connectivity index is 1.55. The number of carboxylic acid groups (broad SMARTS) is 1. The molecule has 0 fully saturated rings. The lowest BCUT2D eigenvalue weighted by Crippen LogP contribution is -2.39. The van der Waals surface area contributed by atoms with Gasteiger partial charge in [-0.15, -0.1) is 0 Å². The summed E-state index contributed by atoms with van der Waals surface area (Å²) in [6.45, 7) is 0. The van der Waals surface area contributed by atoms with Gasteiger partial charge in [-0.25, -0.2) is 0 Å². The van der Waals surface area contributed by atoms with Crippen LogP contribution in [0, 0.1) is 0 Å². The summed E-state index contributed by atoms with van der Waals surface area (Å²) in [5, 5.41) is 9.05. The predicted octanol–water partition coefficient (Wildman–Crippen LogP) is 3.97. The normalized spacial score (nSPS) is 18.2. The predicted molar refractivity (Wildman–Crippen MR) is 109 cm³/mol. The molecule has 1 unspecified atom stereocenters. The zero-order valence-electron chi connectivity index (χ0n) is 14.9. The molecule has 1 N–H and O–H groups in total. The molecule has 1 aromatic carbocycles. The second-order valence-corrected chi connectivity index (χ2v) is 6.64. The number of aliphatic carboxylic acids is 1. The van der Waals surface area contributed by atoms with Gasteiger partial charge < -0.3 is 14.4 Å². The van der Waals surface area contributed by atoms with Gasteiger partial charge in [0.25, 0.3) is 0 Å². The third-order valence-corrected chi connectivity index (χ3v) is 4.78. The van der Waals surface area contributed by atoms with E-state index in [1.807, 2.05) is 50.2 Å². The minimum atomic E-state index is -0.762. The highest BCUT2D eigenvalue weighted by atomic mass is 16.4. The first kappa shape index (κ1) is 17.2. The van der Waals surface area contributed by atoms with E-state index in [-0.39, 0.29) is 12.5 Å². The molecule has 1 radical (unpaired) electrons. The zero-order valence-corrected chi connectivity index (χ0v) is 14.9. The van der Waals surface area contributed by atoms with Crippen LogP contribution in [0.5, 0.6) is 0 Å². The molecule has 2 aromatic rings. The average molecular weight is 355 g/mol. The number of hydrogen-bond acceptors (Lipinski definition) is 2. The maximum Gasteiger partial charge on any atom is 0.396 e. The van der Waals surface area contributed by atoms with E-state index in [4.69, 9.17) is 5.11 Å². The molecule has 4 nitrogen and oxygen atoms in total. The number of nitrogens with zero attached hydrogens (tertiary/aromatic N) is 2. The summed E-state index contributed by atoms with van der Waals surface area (Å²) in [4.78, 5) is 13.2. The average Bonchev–Trinajstić information content (AvgIpc) is 3.27. The Morgan fingerprint density at radius 3 is 2.74 bits per heavy atom. The lowest BCUT2D eigenvalue weighted by atomic mass is 9.97. The number of carboxylic acids is 1. The van der Waals surface area contributed by atoms with Crippen molar-refractivity contribution < 1.29 is 9.90 Å². The van der Waals surface area contributed by atoms with E-state index >= 15 is 0 Å². The number of hydrogen-bond donors (Lipinski definition) is 1. The van der Waals surface area contributed by atoms with Crippen LogP contribution in [0.25, 0.3) is 12.2 Å². The summed E-state index contributed by atoms with van der Waals surface area (Å²) in [5.41, 5.74) is 4.51. The van der Waals surface area contributed by atoms with Crippen LogP contribution in [0.2, 0.25) is 0 Å². The van der Waals surface area contributed by atoms with Gasteiger partial charge in [0, 0.05) is 23.9 Å². The number of fused-ring (bicyclic) bond motifs is 2. The fraction of sp³-hybridized carbons (Fsp3) is 0.136. The summed E-state index contributed by atoms with van der Waals surface area (Å²) in [6, 6.07) is 14.3. The molecule has 1 aromatic heterocycles. The van der Waals surface area contributed by atoms with Crippen molar-refractivity contribution in [2.75, 3.05) is 0 Å². The molecule has 3 heterocycles. The summed E-state index contributed by atoms with van der Waals surface area (Å²) in [5.74, 6) is -0.762. The largest absolute Gasteiger partial charge is 0.481 e. The van der Waals surface area contributed by atoms with Crippen LogP contribution in [0.3, 0.4) is 0 Å². The summed E-state index contributed by atoms with van der Waals surface area (Å²) in [7, 11) is 2.05. The first-order valence-electron chi connectivity index (χ1n) is 9.06. The van der Waals surface area contributed by atoms with Crippen LogP contribution >= 0.6 is 0 Å². The maximum atomic E-state index is 11.0. The number of aromatic nitrogens is 1. The lowest BCUT2D eigenvalue weighted by molar-refractivity contribution is -0.137. The fourth-order valence-electron chi connectivity index (χ4n) is 3.44.